The van der Waals surface area contributed by atoms with Crippen molar-refractivity contribution < 1.29 is 14.0 Å². The molecule has 0 radical (unpaired) electrons. The number of amides is 2. The first-order valence-corrected chi connectivity index (χ1v) is 8.17. The van der Waals surface area contributed by atoms with Crippen molar-refractivity contribution >= 4 is 23.7 Å². The summed E-state index contributed by atoms with van der Waals surface area (Å²) in [6, 6.07) is 21.0. The van der Waals surface area contributed by atoms with Gasteiger partial charge in [0.15, 0.2) is 0 Å². The second kappa shape index (κ2) is 8.53. The van der Waals surface area contributed by atoms with Gasteiger partial charge in [-0.2, -0.15) is 5.10 Å². The molecule has 3 rings (SSSR count). The average molecular weight is 361 g/mol. The van der Waals surface area contributed by atoms with Crippen LogP contribution < -0.4 is 10.7 Å². The van der Waals surface area contributed by atoms with Crippen molar-refractivity contribution in [3.8, 4) is 0 Å². The molecule has 0 aliphatic rings. The molecular formula is C21H16FN3O2. The molecule has 0 heterocycles. The van der Waals surface area contributed by atoms with E-state index < -0.39 is 5.82 Å². The number of rotatable bonds is 5. The minimum atomic E-state index is -0.406. The molecule has 0 aliphatic carbocycles. The zero-order valence-electron chi connectivity index (χ0n) is 14.2. The van der Waals surface area contributed by atoms with Crippen LogP contribution in [0.2, 0.25) is 0 Å². The predicted molar refractivity (Wildman–Crippen MR) is 102 cm³/mol. The molecule has 6 heteroatoms. The van der Waals surface area contributed by atoms with Gasteiger partial charge in [0, 0.05) is 16.8 Å². The Kier molecular flexibility index (Phi) is 5.69. The van der Waals surface area contributed by atoms with Gasteiger partial charge in [-0.05, 0) is 54.1 Å². The van der Waals surface area contributed by atoms with Crippen LogP contribution in [0.25, 0.3) is 0 Å². The monoisotopic (exact) mass is 361 g/mol. The lowest BCUT2D eigenvalue weighted by atomic mass is 10.1. The fourth-order valence-corrected chi connectivity index (χ4v) is 2.28. The number of nitrogens with one attached hydrogen (secondary N) is 2. The second-order valence-corrected chi connectivity index (χ2v) is 5.65. The number of hydrogen-bond donors (Lipinski definition) is 2. The van der Waals surface area contributed by atoms with Gasteiger partial charge in [0.2, 0.25) is 0 Å². The van der Waals surface area contributed by atoms with E-state index in [9.17, 15) is 14.0 Å². The Labute approximate surface area is 155 Å². The highest BCUT2D eigenvalue weighted by atomic mass is 19.1. The predicted octanol–water partition coefficient (Wildman–Crippen LogP) is 3.84. The summed E-state index contributed by atoms with van der Waals surface area (Å²) in [5.74, 6) is -1.13. The fraction of sp³-hybridized carbons (Fsp3) is 0. The molecule has 0 fully saturated rings. The van der Waals surface area contributed by atoms with Crippen LogP contribution in [0.1, 0.15) is 26.3 Å². The molecule has 0 spiro atoms. The normalized spacial score (nSPS) is 10.6. The maximum atomic E-state index is 12.9. The number of carbonyl (C=O) groups excluding carboxylic acids is 2. The third kappa shape index (κ3) is 5.09. The standard InChI is InChI=1S/C21H16FN3O2/c22-18-10-6-16(7-11-18)20(26)24-19-12-8-17(9-13-19)21(27)25-23-14-15-4-2-1-3-5-15/h1-14H,(H,24,26)(H,25,27). The van der Waals surface area contributed by atoms with Crippen LogP contribution in [0.4, 0.5) is 10.1 Å². The minimum absolute atomic E-state index is 0.341. The summed E-state index contributed by atoms with van der Waals surface area (Å²) < 4.78 is 12.9. The van der Waals surface area contributed by atoms with Gasteiger partial charge < -0.3 is 5.32 Å². The largest absolute Gasteiger partial charge is 0.322 e. The molecule has 0 saturated heterocycles. The second-order valence-electron chi connectivity index (χ2n) is 5.65. The smallest absolute Gasteiger partial charge is 0.271 e. The molecule has 0 aromatic heterocycles. The molecule has 3 aromatic rings. The molecule has 0 aliphatic heterocycles. The Balaban J connectivity index is 1.57. The molecule has 0 saturated carbocycles. The van der Waals surface area contributed by atoms with Gasteiger partial charge in [0.05, 0.1) is 6.21 Å². The van der Waals surface area contributed by atoms with Crippen molar-refractivity contribution in [3.63, 3.8) is 0 Å². The molecule has 0 bridgehead atoms. The van der Waals surface area contributed by atoms with Crippen molar-refractivity contribution in [2.45, 2.75) is 0 Å². The van der Waals surface area contributed by atoms with E-state index >= 15 is 0 Å². The van der Waals surface area contributed by atoms with Crippen LogP contribution in [-0.2, 0) is 0 Å². The van der Waals surface area contributed by atoms with Crippen LogP contribution >= 0.6 is 0 Å². The average Bonchev–Trinajstić information content (AvgIpc) is 2.70. The molecular weight excluding hydrogens is 345 g/mol. The Morgan fingerprint density at radius 2 is 1.37 bits per heavy atom. The Bertz CT molecular complexity index is 953. The number of hydrazone groups is 1. The summed E-state index contributed by atoms with van der Waals surface area (Å²) in [7, 11) is 0. The lowest BCUT2D eigenvalue weighted by Crippen LogP contribution is -2.17. The molecule has 134 valence electrons. The van der Waals surface area contributed by atoms with Crippen LogP contribution in [0, 0.1) is 5.82 Å². The minimum Gasteiger partial charge on any atom is -0.322 e. The highest BCUT2D eigenvalue weighted by Gasteiger charge is 2.08. The molecule has 3 aromatic carbocycles. The van der Waals surface area contributed by atoms with Gasteiger partial charge in [0.25, 0.3) is 11.8 Å². The van der Waals surface area contributed by atoms with Crippen molar-refractivity contribution in [3.05, 3.63) is 101 Å². The number of nitrogens with zero attached hydrogens (tertiary/aromatic N) is 1. The van der Waals surface area contributed by atoms with E-state index in [2.05, 4.69) is 15.8 Å². The number of benzene rings is 3. The van der Waals surface area contributed by atoms with Gasteiger partial charge in [-0.15, -0.1) is 0 Å². The van der Waals surface area contributed by atoms with Crippen LogP contribution in [-0.4, -0.2) is 18.0 Å². The Morgan fingerprint density at radius 1 is 0.778 bits per heavy atom. The van der Waals surface area contributed by atoms with Crippen LogP contribution in [0.5, 0.6) is 0 Å². The van der Waals surface area contributed by atoms with E-state index in [0.29, 0.717) is 16.8 Å². The first kappa shape index (κ1) is 18.0. The summed E-state index contributed by atoms with van der Waals surface area (Å²) >= 11 is 0. The summed E-state index contributed by atoms with van der Waals surface area (Å²) in [5.41, 5.74) is 4.58. The van der Waals surface area contributed by atoms with Crippen molar-refractivity contribution in [1.82, 2.24) is 5.43 Å². The first-order chi connectivity index (χ1) is 13.1. The number of halogens is 1. The van der Waals surface area contributed by atoms with E-state index in [0.717, 1.165) is 5.56 Å². The van der Waals surface area contributed by atoms with Crippen molar-refractivity contribution in [1.29, 1.82) is 0 Å². The van der Waals surface area contributed by atoms with Gasteiger partial charge in [-0.25, -0.2) is 9.82 Å². The Morgan fingerprint density at radius 3 is 2.04 bits per heavy atom. The maximum absolute atomic E-state index is 12.9. The molecule has 0 unspecified atom stereocenters. The number of carbonyl (C=O) groups is 2. The zero-order chi connectivity index (χ0) is 19.1. The highest BCUT2D eigenvalue weighted by molar-refractivity contribution is 6.04. The third-order valence-electron chi connectivity index (χ3n) is 3.69. The lowest BCUT2D eigenvalue weighted by Gasteiger charge is -2.06. The van der Waals surface area contributed by atoms with Crippen LogP contribution in [0.15, 0.2) is 84.0 Å². The molecule has 5 nitrogen and oxygen atoms in total. The van der Waals surface area contributed by atoms with Gasteiger partial charge in [-0.3, -0.25) is 9.59 Å². The first-order valence-electron chi connectivity index (χ1n) is 8.17. The number of hydrogen-bond acceptors (Lipinski definition) is 3. The molecule has 2 N–H and O–H groups in total. The third-order valence-corrected chi connectivity index (χ3v) is 3.69. The summed E-state index contributed by atoms with van der Waals surface area (Å²) in [4.78, 5) is 24.2. The van der Waals surface area contributed by atoms with Gasteiger partial charge >= 0.3 is 0 Å². The van der Waals surface area contributed by atoms with Crippen LogP contribution in [0.3, 0.4) is 0 Å². The lowest BCUT2D eigenvalue weighted by molar-refractivity contribution is 0.0954. The van der Waals surface area contributed by atoms with E-state index in [1.165, 1.54) is 24.3 Å². The van der Waals surface area contributed by atoms with E-state index in [-0.39, 0.29) is 11.8 Å². The van der Waals surface area contributed by atoms with Gasteiger partial charge in [-0.1, -0.05) is 30.3 Å². The zero-order valence-corrected chi connectivity index (χ0v) is 14.2. The fourth-order valence-electron chi connectivity index (χ4n) is 2.28. The quantitative estimate of drug-likeness (QED) is 0.535. The molecule has 27 heavy (non-hydrogen) atoms. The highest BCUT2D eigenvalue weighted by Crippen LogP contribution is 2.12. The van der Waals surface area contributed by atoms with E-state index in [1.54, 1.807) is 30.5 Å². The summed E-state index contributed by atoms with van der Waals surface area (Å²) in [6.45, 7) is 0. The van der Waals surface area contributed by atoms with Crippen molar-refractivity contribution in [2.75, 3.05) is 5.32 Å². The van der Waals surface area contributed by atoms with Crippen molar-refractivity contribution in [2.24, 2.45) is 5.10 Å². The summed E-state index contributed by atoms with van der Waals surface area (Å²) in [5, 5.41) is 6.60. The van der Waals surface area contributed by atoms with E-state index in [4.69, 9.17) is 0 Å². The maximum Gasteiger partial charge on any atom is 0.271 e. The topological polar surface area (TPSA) is 70.6 Å². The Hall–Kier alpha value is -3.80. The molecule has 2 amide bonds. The SMILES string of the molecule is O=C(NN=Cc1ccccc1)c1ccc(NC(=O)c2ccc(F)cc2)cc1. The molecule has 0 atom stereocenters. The summed E-state index contributed by atoms with van der Waals surface area (Å²) in [6.07, 6.45) is 1.55. The number of anilines is 1. The van der Waals surface area contributed by atoms with E-state index in [1.807, 2.05) is 30.3 Å². The van der Waals surface area contributed by atoms with Gasteiger partial charge in [0.1, 0.15) is 5.82 Å².